The fourth-order valence-corrected chi connectivity index (χ4v) is 1.97. The van der Waals surface area contributed by atoms with Gasteiger partial charge in [-0.2, -0.15) is 0 Å². The van der Waals surface area contributed by atoms with E-state index in [0.29, 0.717) is 18.3 Å². The third kappa shape index (κ3) is 3.50. The third-order valence-electron chi connectivity index (χ3n) is 3.06. The van der Waals surface area contributed by atoms with Crippen molar-refractivity contribution in [2.24, 2.45) is 5.73 Å². The predicted molar refractivity (Wildman–Crippen MR) is 82.5 cm³/mol. The summed E-state index contributed by atoms with van der Waals surface area (Å²) >= 11 is 6.01. The minimum Gasteiger partial charge on any atom is -0.439 e. The summed E-state index contributed by atoms with van der Waals surface area (Å²) in [6.07, 6.45) is 0. The molecule has 0 saturated heterocycles. The van der Waals surface area contributed by atoms with E-state index in [1.807, 2.05) is 37.3 Å². The Morgan fingerprint density at radius 1 is 1.25 bits per heavy atom. The Hall–Kier alpha value is -1.58. The second-order valence-electron chi connectivity index (χ2n) is 5.11. The quantitative estimate of drug-likeness (QED) is 0.907. The number of aryl methyl sites for hydroxylation is 1. The summed E-state index contributed by atoms with van der Waals surface area (Å²) < 4.78 is 5.82. The Bertz CT molecular complexity index is 611. The SMILES string of the molecule is Cc1cc(Oc2cc(CN)cc(C(C)C)n2)ccc1Cl. The molecule has 1 aromatic carbocycles. The zero-order valence-corrected chi connectivity index (χ0v) is 12.7. The van der Waals surface area contributed by atoms with Crippen molar-refractivity contribution in [3.8, 4) is 11.6 Å². The number of pyridine rings is 1. The van der Waals surface area contributed by atoms with Crippen molar-refractivity contribution in [2.75, 3.05) is 0 Å². The van der Waals surface area contributed by atoms with Crippen molar-refractivity contribution < 1.29 is 4.74 Å². The van der Waals surface area contributed by atoms with Gasteiger partial charge in [0.1, 0.15) is 5.75 Å². The van der Waals surface area contributed by atoms with Crippen molar-refractivity contribution in [2.45, 2.75) is 33.2 Å². The highest BCUT2D eigenvalue weighted by Crippen LogP contribution is 2.26. The molecule has 2 N–H and O–H groups in total. The standard InChI is InChI=1S/C16H19ClN2O/c1-10(2)15-7-12(9-18)8-16(19-15)20-13-4-5-14(17)11(3)6-13/h4-8,10H,9,18H2,1-3H3. The number of ether oxygens (including phenoxy) is 1. The van der Waals surface area contributed by atoms with Gasteiger partial charge < -0.3 is 10.5 Å². The van der Waals surface area contributed by atoms with Gasteiger partial charge in [-0.3, -0.25) is 0 Å². The van der Waals surface area contributed by atoms with Crippen LogP contribution in [-0.2, 0) is 6.54 Å². The summed E-state index contributed by atoms with van der Waals surface area (Å²) in [6.45, 7) is 6.61. The molecule has 1 heterocycles. The molecule has 0 atom stereocenters. The molecule has 0 saturated carbocycles. The van der Waals surface area contributed by atoms with E-state index in [4.69, 9.17) is 22.1 Å². The van der Waals surface area contributed by atoms with Crippen LogP contribution in [0.3, 0.4) is 0 Å². The largest absolute Gasteiger partial charge is 0.439 e. The lowest BCUT2D eigenvalue weighted by Gasteiger charge is -2.11. The van der Waals surface area contributed by atoms with Crippen LogP contribution in [0.4, 0.5) is 0 Å². The maximum atomic E-state index is 6.01. The average Bonchev–Trinajstić information content (AvgIpc) is 2.42. The Labute approximate surface area is 124 Å². The van der Waals surface area contributed by atoms with Gasteiger partial charge in [0.2, 0.25) is 5.88 Å². The Morgan fingerprint density at radius 2 is 2.00 bits per heavy atom. The summed E-state index contributed by atoms with van der Waals surface area (Å²) in [7, 11) is 0. The highest BCUT2D eigenvalue weighted by molar-refractivity contribution is 6.31. The molecule has 0 aliphatic carbocycles. The van der Waals surface area contributed by atoms with Gasteiger partial charge in [-0.1, -0.05) is 25.4 Å². The van der Waals surface area contributed by atoms with E-state index in [1.54, 1.807) is 0 Å². The fraction of sp³-hybridized carbons (Fsp3) is 0.312. The van der Waals surface area contributed by atoms with Gasteiger partial charge >= 0.3 is 0 Å². The first kappa shape index (κ1) is 14.8. The molecule has 1 aromatic heterocycles. The molecule has 2 rings (SSSR count). The van der Waals surface area contributed by atoms with Gasteiger partial charge in [-0.25, -0.2) is 4.98 Å². The fourth-order valence-electron chi connectivity index (χ4n) is 1.85. The van der Waals surface area contributed by atoms with E-state index in [2.05, 4.69) is 18.8 Å². The summed E-state index contributed by atoms with van der Waals surface area (Å²) in [5, 5.41) is 0.726. The van der Waals surface area contributed by atoms with Crippen LogP contribution in [0, 0.1) is 6.92 Å². The number of halogens is 1. The molecule has 0 aliphatic rings. The molecule has 2 aromatic rings. The molecule has 4 heteroatoms. The van der Waals surface area contributed by atoms with E-state index in [-0.39, 0.29) is 0 Å². The first-order valence-electron chi connectivity index (χ1n) is 6.64. The van der Waals surface area contributed by atoms with Gasteiger partial charge in [0.25, 0.3) is 0 Å². The van der Waals surface area contributed by atoms with Crippen LogP contribution >= 0.6 is 11.6 Å². The maximum Gasteiger partial charge on any atom is 0.219 e. The number of nitrogens with two attached hydrogens (primary N) is 1. The summed E-state index contributed by atoms with van der Waals surface area (Å²) in [4.78, 5) is 4.52. The van der Waals surface area contributed by atoms with Crippen molar-refractivity contribution in [1.82, 2.24) is 4.98 Å². The van der Waals surface area contributed by atoms with Crippen molar-refractivity contribution in [3.05, 3.63) is 52.2 Å². The first-order chi connectivity index (χ1) is 9.49. The molecule has 0 aliphatic heterocycles. The van der Waals surface area contributed by atoms with E-state index in [1.165, 1.54) is 0 Å². The third-order valence-corrected chi connectivity index (χ3v) is 3.48. The molecule has 0 amide bonds. The topological polar surface area (TPSA) is 48.1 Å². The second kappa shape index (κ2) is 6.25. The van der Waals surface area contributed by atoms with Crippen LogP contribution in [0.2, 0.25) is 5.02 Å². The molecule has 0 radical (unpaired) electrons. The monoisotopic (exact) mass is 290 g/mol. The van der Waals surface area contributed by atoms with E-state index >= 15 is 0 Å². The second-order valence-corrected chi connectivity index (χ2v) is 5.52. The van der Waals surface area contributed by atoms with E-state index in [0.717, 1.165) is 27.6 Å². The van der Waals surface area contributed by atoms with Crippen LogP contribution in [0.15, 0.2) is 30.3 Å². The van der Waals surface area contributed by atoms with Gasteiger partial charge in [0.05, 0.1) is 0 Å². The molecule has 0 bridgehead atoms. The smallest absolute Gasteiger partial charge is 0.219 e. The minimum atomic E-state index is 0.329. The van der Waals surface area contributed by atoms with Crippen LogP contribution < -0.4 is 10.5 Å². The molecular weight excluding hydrogens is 272 g/mol. The van der Waals surface area contributed by atoms with Crippen molar-refractivity contribution in [1.29, 1.82) is 0 Å². The lowest BCUT2D eigenvalue weighted by Crippen LogP contribution is -2.02. The highest BCUT2D eigenvalue weighted by atomic mass is 35.5. The Balaban J connectivity index is 2.32. The zero-order valence-electron chi connectivity index (χ0n) is 12.0. The van der Waals surface area contributed by atoms with Gasteiger partial charge in [0.15, 0.2) is 0 Å². The lowest BCUT2D eigenvalue weighted by atomic mass is 10.1. The number of hydrogen-bond donors (Lipinski definition) is 1. The van der Waals surface area contributed by atoms with Crippen LogP contribution in [-0.4, -0.2) is 4.98 Å². The summed E-state index contributed by atoms with van der Waals surface area (Å²) in [5.41, 5.74) is 8.70. The predicted octanol–water partition coefficient (Wildman–Crippen LogP) is 4.42. The summed E-state index contributed by atoms with van der Waals surface area (Å²) in [5.74, 6) is 1.62. The molecule has 0 unspecified atom stereocenters. The van der Waals surface area contributed by atoms with Gasteiger partial charge in [0, 0.05) is 23.3 Å². The normalized spacial score (nSPS) is 10.9. The van der Waals surface area contributed by atoms with E-state index in [9.17, 15) is 0 Å². The summed E-state index contributed by atoms with van der Waals surface area (Å²) in [6, 6.07) is 9.44. The molecule has 0 spiro atoms. The average molecular weight is 291 g/mol. The lowest BCUT2D eigenvalue weighted by molar-refractivity contribution is 0.458. The number of aromatic nitrogens is 1. The number of hydrogen-bond acceptors (Lipinski definition) is 3. The van der Waals surface area contributed by atoms with E-state index < -0.39 is 0 Å². The van der Waals surface area contributed by atoms with Gasteiger partial charge in [-0.05, 0) is 48.2 Å². The molecule has 20 heavy (non-hydrogen) atoms. The van der Waals surface area contributed by atoms with Crippen LogP contribution in [0.1, 0.15) is 36.6 Å². The molecule has 3 nitrogen and oxygen atoms in total. The minimum absolute atomic E-state index is 0.329. The van der Waals surface area contributed by atoms with Crippen LogP contribution in [0.5, 0.6) is 11.6 Å². The highest BCUT2D eigenvalue weighted by Gasteiger charge is 2.08. The number of nitrogens with zero attached hydrogens (tertiary/aromatic N) is 1. The zero-order chi connectivity index (χ0) is 14.7. The Kier molecular flexibility index (Phi) is 4.63. The Morgan fingerprint density at radius 3 is 2.60 bits per heavy atom. The molecular formula is C16H19ClN2O. The van der Waals surface area contributed by atoms with Crippen molar-refractivity contribution >= 4 is 11.6 Å². The van der Waals surface area contributed by atoms with Gasteiger partial charge in [-0.15, -0.1) is 0 Å². The van der Waals surface area contributed by atoms with Crippen LogP contribution in [0.25, 0.3) is 0 Å². The molecule has 0 fully saturated rings. The molecule has 106 valence electrons. The van der Waals surface area contributed by atoms with Crippen molar-refractivity contribution in [3.63, 3.8) is 0 Å². The number of rotatable bonds is 4. The first-order valence-corrected chi connectivity index (χ1v) is 7.02. The number of benzene rings is 1. The maximum absolute atomic E-state index is 6.01.